The Bertz CT molecular complexity index is 826. The van der Waals surface area contributed by atoms with Crippen LogP contribution in [0.3, 0.4) is 0 Å². The number of hydrogen-bond donors (Lipinski definition) is 2. The first-order valence-corrected chi connectivity index (χ1v) is 10.7. The molecule has 1 saturated heterocycles. The van der Waals surface area contributed by atoms with Gasteiger partial charge in [-0.1, -0.05) is 42.5 Å². The standard InChI is InChI=1S/C24H31N3O2/c1-17-16-27(26-24(28)20-9-4-3-5-10-20)22(18(2)25-17)12-13-23-21-11-7-6-8-19(21)14-15-29-23/h3-11,17-18,22-23,25H,12-16H2,1-2H3,(H,26,28)/t17?,18-,22+,23?/m0/s1. The molecule has 2 aliphatic rings. The minimum absolute atomic E-state index is 0.0452. The maximum atomic E-state index is 12.7. The van der Waals surface area contributed by atoms with E-state index in [9.17, 15) is 4.79 Å². The zero-order valence-electron chi connectivity index (χ0n) is 17.3. The second-order valence-electron chi connectivity index (χ2n) is 8.27. The summed E-state index contributed by atoms with van der Waals surface area (Å²) in [6.45, 7) is 5.94. The maximum absolute atomic E-state index is 12.7. The minimum atomic E-state index is -0.0452. The third kappa shape index (κ3) is 4.69. The van der Waals surface area contributed by atoms with E-state index in [2.05, 4.69) is 53.9 Å². The molecule has 0 aliphatic carbocycles. The Hall–Kier alpha value is -2.21. The zero-order valence-corrected chi connectivity index (χ0v) is 17.3. The molecule has 5 nitrogen and oxygen atoms in total. The molecule has 2 heterocycles. The molecule has 4 rings (SSSR count). The predicted octanol–water partition coefficient (Wildman–Crippen LogP) is 3.48. The Morgan fingerprint density at radius 2 is 1.86 bits per heavy atom. The first-order valence-electron chi connectivity index (χ1n) is 10.7. The largest absolute Gasteiger partial charge is 0.373 e. The van der Waals surface area contributed by atoms with Gasteiger partial charge in [-0.3, -0.25) is 10.2 Å². The van der Waals surface area contributed by atoms with Crippen molar-refractivity contribution in [2.45, 2.75) is 57.3 Å². The number of hydrazine groups is 1. The van der Waals surface area contributed by atoms with Crippen LogP contribution in [-0.4, -0.2) is 42.2 Å². The second-order valence-corrected chi connectivity index (χ2v) is 8.27. The predicted molar refractivity (Wildman–Crippen MR) is 115 cm³/mol. The van der Waals surface area contributed by atoms with Crippen molar-refractivity contribution in [2.24, 2.45) is 0 Å². The Morgan fingerprint density at radius 1 is 1.10 bits per heavy atom. The van der Waals surface area contributed by atoms with E-state index in [1.807, 2.05) is 30.3 Å². The average molecular weight is 394 g/mol. The molecule has 0 radical (unpaired) electrons. The molecule has 154 valence electrons. The highest BCUT2D eigenvalue weighted by Gasteiger charge is 2.33. The number of carbonyl (C=O) groups is 1. The van der Waals surface area contributed by atoms with Crippen LogP contribution in [0.1, 0.15) is 54.3 Å². The molecular weight excluding hydrogens is 362 g/mol. The van der Waals surface area contributed by atoms with Gasteiger partial charge < -0.3 is 10.1 Å². The van der Waals surface area contributed by atoms with Crippen molar-refractivity contribution in [1.82, 2.24) is 15.8 Å². The number of hydrogen-bond acceptors (Lipinski definition) is 4. The highest BCUT2D eigenvalue weighted by molar-refractivity contribution is 5.93. The average Bonchev–Trinajstić information content (AvgIpc) is 2.73. The molecule has 2 aromatic rings. The molecule has 2 unspecified atom stereocenters. The van der Waals surface area contributed by atoms with Crippen molar-refractivity contribution >= 4 is 5.91 Å². The van der Waals surface area contributed by atoms with Crippen LogP contribution in [0.2, 0.25) is 0 Å². The van der Waals surface area contributed by atoms with Gasteiger partial charge in [0.05, 0.1) is 12.7 Å². The Balaban J connectivity index is 1.45. The fourth-order valence-electron chi connectivity index (χ4n) is 4.67. The highest BCUT2D eigenvalue weighted by atomic mass is 16.5. The van der Waals surface area contributed by atoms with Gasteiger partial charge in [-0.2, -0.15) is 0 Å². The summed E-state index contributed by atoms with van der Waals surface area (Å²) in [6, 6.07) is 18.9. The summed E-state index contributed by atoms with van der Waals surface area (Å²) in [5.74, 6) is -0.0452. The zero-order chi connectivity index (χ0) is 20.2. The van der Waals surface area contributed by atoms with Crippen molar-refractivity contribution in [3.05, 3.63) is 71.3 Å². The van der Waals surface area contributed by atoms with Crippen LogP contribution >= 0.6 is 0 Å². The van der Waals surface area contributed by atoms with E-state index < -0.39 is 0 Å². The summed E-state index contributed by atoms with van der Waals surface area (Å²) < 4.78 is 6.11. The molecule has 1 amide bonds. The van der Waals surface area contributed by atoms with Gasteiger partial charge in [0.2, 0.25) is 0 Å². The van der Waals surface area contributed by atoms with Gasteiger partial charge in [0.15, 0.2) is 0 Å². The summed E-state index contributed by atoms with van der Waals surface area (Å²) >= 11 is 0. The molecule has 2 aliphatic heterocycles. The summed E-state index contributed by atoms with van der Waals surface area (Å²) in [6.07, 6.45) is 3.03. The molecule has 1 fully saturated rings. The fourth-order valence-corrected chi connectivity index (χ4v) is 4.67. The maximum Gasteiger partial charge on any atom is 0.265 e. The van der Waals surface area contributed by atoms with Crippen molar-refractivity contribution in [1.29, 1.82) is 0 Å². The topological polar surface area (TPSA) is 53.6 Å². The SMILES string of the molecule is CC1CN(NC(=O)c2ccccc2)[C@H](CCC2OCCc3ccccc32)[C@H](C)N1. The highest BCUT2D eigenvalue weighted by Crippen LogP contribution is 2.32. The van der Waals surface area contributed by atoms with E-state index in [1.54, 1.807) is 0 Å². The first kappa shape index (κ1) is 20.1. The number of amides is 1. The van der Waals surface area contributed by atoms with Crippen molar-refractivity contribution in [2.75, 3.05) is 13.2 Å². The minimum Gasteiger partial charge on any atom is -0.373 e. The van der Waals surface area contributed by atoms with E-state index >= 15 is 0 Å². The van der Waals surface area contributed by atoms with Gasteiger partial charge in [0, 0.05) is 30.2 Å². The van der Waals surface area contributed by atoms with Crippen LogP contribution in [0.25, 0.3) is 0 Å². The van der Waals surface area contributed by atoms with Crippen LogP contribution in [0.5, 0.6) is 0 Å². The third-order valence-electron chi connectivity index (χ3n) is 6.09. The van der Waals surface area contributed by atoms with Crippen molar-refractivity contribution < 1.29 is 9.53 Å². The van der Waals surface area contributed by atoms with Crippen molar-refractivity contribution in [3.8, 4) is 0 Å². The lowest BCUT2D eigenvalue weighted by molar-refractivity contribution is 0.00871. The van der Waals surface area contributed by atoms with Crippen LogP contribution in [0.4, 0.5) is 0 Å². The van der Waals surface area contributed by atoms with Gasteiger partial charge in [0.1, 0.15) is 0 Å². The van der Waals surface area contributed by atoms with Gasteiger partial charge in [-0.15, -0.1) is 0 Å². The molecule has 0 aromatic heterocycles. The Labute approximate surface area is 173 Å². The molecule has 0 saturated carbocycles. The smallest absolute Gasteiger partial charge is 0.265 e. The molecule has 2 N–H and O–H groups in total. The normalized spacial score (nSPS) is 27.2. The monoisotopic (exact) mass is 393 g/mol. The van der Waals surface area contributed by atoms with E-state index in [0.717, 1.165) is 32.4 Å². The molecule has 5 heteroatoms. The summed E-state index contributed by atoms with van der Waals surface area (Å²) in [7, 11) is 0. The second kappa shape index (κ2) is 9.08. The number of piperazine rings is 1. The lowest BCUT2D eigenvalue weighted by atomic mass is 9.91. The first-order chi connectivity index (χ1) is 14.1. The lowest BCUT2D eigenvalue weighted by Crippen LogP contribution is -2.65. The number of fused-ring (bicyclic) bond motifs is 1. The van der Waals surface area contributed by atoms with Gasteiger partial charge in [0.25, 0.3) is 5.91 Å². The quantitative estimate of drug-likeness (QED) is 0.817. The summed E-state index contributed by atoms with van der Waals surface area (Å²) in [4.78, 5) is 12.7. The van der Waals surface area contributed by atoms with Crippen LogP contribution in [0.15, 0.2) is 54.6 Å². The van der Waals surface area contributed by atoms with Gasteiger partial charge >= 0.3 is 0 Å². The Kier molecular flexibility index (Phi) is 6.28. The van der Waals surface area contributed by atoms with E-state index in [-0.39, 0.29) is 24.1 Å². The van der Waals surface area contributed by atoms with E-state index in [1.165, 1.54) is 11.1 Å². The van der Waals surface area contributed by atoms with Crippen LogP contribution < -0.4 is 10.7 Å². The number of rotatable bonds is 5. The van der Waals surface area contributed by atoms with E-state index in [0.29, 0.717) is 11.6 Å². The molecule has 0 spiro atoms. The molecule has 4 atom stereocenters. The summed E-state index contributed by atoms with van der Waals surface area (Å²) in [5, 5.41) is 5.78. The number of nitrogens with one attached hydrogen (secondary N) is 2. The number of nitrogens with zero attached hydrogens (tertiary/aromatic N) is 1. The van der Waals surface area contributed by atoms with E-state index in [4.69, 9.17) is 4.74 Å². The Morgan fingerprint density at radius 3 is 2.69 bits per heavy atom. The van der Waals surface area contributed by atoms with Crippen LogP contribution in [-0.2, 0) is 11.2 Å². The van der Waals surface area contributed by atoms with Gasteiger partial charge in [-0.25, -0.2) is 5.01 Å². The van der Waals surface area contributed by atoms with Gasteiger partial charge in [-0.05, 0) is 56.4 Å². The third-order valence-corrected chi connectivity index (χ3v) is 6.09. The molecule has 29 heavy (non-hydrogen) atoms. The molecule has 0 bridgehead atoms. The van der Waals surface area contributed by atoms with Crippen LogP contribution in [0, 0.1) is 0 Å². The fraction of sp³-hybridized carbons (Fsp3) is 0.458. The van der Waals surface area contributed by atoms with Crippen molar-refractivity contribution in [3.63, 3.8) is 0 Å². The molecule has 2 aromatic carbocycles. The molecular formula is C24H31N3O2. The number of benzene rings is 2. The summed E-state index contributed by atoms with van der Waals surface area (Å²) in [5.41, 5.74) is 6.58. The number of ether oxygens (including phenoxy) is 1. The lowest BCUT2D eigenvalue weighted by Gasteiger charge is -2.44. The number of carbonyl (C=O) groups excluding carboxylic acids is 1.